The Balaban J connectivity index is 2.28. The Labute approximate surface area is 154 Å². The minimum Gasteiger partial charge on any atom is -0.480 e. The van der Waals surface area contributed by atoms with E-state index in [1.807, 2.05) is 5.32 Å². The van der Waals surface area contributed by atoms with E-state index in [1.54, 1.807) is 0 Å². The van der Waals surface area contributed by atoms with Crippen molar-refractivity contribution in [2.24, 2.45) is 0 Å². The zero-order valence-corrected chi connectivity index (χ0v) is 13.9. The highest BCUT2D eigenvalue weighted by Gasteiger charge is 2.35. The van der Waals surface area contributed by atoms with Crippen LogP contribution in [0.4, 0.5) is 23.2 Å². The number of carbonyl (C=O) groups is 2. The van der Waals surface area contributed by atoms with Gasteiger partial charge in [-0.3, -0.25) is 14.9 Å². The number of carboxylic acid groups (broad SMARTS) is 1. The fraction of sp³-hybridized carbons (Fsp3) is 0.176. The molecule has 7 nitrogen and oxygen atoms in total. The molecule has 148 valence electrons. The van der Waals surface area contributed by atoms with Gasteiger partial charge in [0.2, 0.25) is 5.82 Å². The fourth-order valence-electron chi connectivity index (χ4n) is 2.43. The summed E-state index contributed by atoms with van der Waals surface area (Å²) in [7, 11) is 0. The van der Waals surface area contributed by atoms with Crippen LogP contribution in [0.5, 0.6) is 0 Å². The number of nitrogens with zero attached hydrogens (tertiary/aromatic N) is 1. The van der Waals surface area contributed by atoms with E-state index in [4.69, 9.17) is 0 Å². The van der Waals surface area contributed by atoms with Gasteiger partial charge in [0.05, 0.1) is 16.1 Å². The van der Waals surface area contributed by atoms with E-state index in [1.165, 1.54) is 6.07 Å². The van der Waals surface area contributed by atoms with Gasteiger partial charge in [0.25, 0.3) is 5.91 Å². The van der Waals surface area contributed by atoms with Crippen molar-refractivity contribution >= 4 is 17.6 Å². The molecule has 0 saturated carbocycles. The maximum atomic E-state index is 13.4. The topological polar surface area (TPSA) is 110 Å². The van der Waals surface area contributed by atoms with Crippen LogP contribution in [0.15, 0.2) is 42.5 Å². The molecule has 2 aromatic rings. The molecular weight excluding hydrogens is 388 g/mol. The molecule has 2 aromatic carbocycles. The second kappa shape index (κ2) is 8.03. The van der Waals surface area contributed by atoms with Gasteiger partial charge in [0.15, 0.2) is 0 Å². The lowest BCUT2D eigenvalue weighted by molar-refractivity contribution is -0.387. The molecule has 0 aliphatic carbocycles. The number of halogens is 4. The molecule has 0 unspecified atom stereocenters. The highest BCUT2D eigenvalue weighted by atomic mass is 19.4. The summed E-state index contributed by atoms with van der Waals surface area (Å²) in [4.78, 5) is 33.4. The third-order valence-corrected chi connectivity index (χ3v) is 3.73. The third kappa shape index (κ3) is 4.81. The molecule has 2 rings (SSSR count). The Morgan fingerprint density at radius 1 is 1.18 bits per heavy atom. The molecule has 0 aliphatic heterocycles. The second-order valence-corrected chi connectivity index (χ2v) is 5.65. The van der Waals surface area contributed by atoms with Gasteiger partial charge >= 0.3 is 17.8 Å². The highest BCUT2D eigenvalue weighted by Crippen LogP contribution is 2.31. The number of amides is 1. The lowest BCUT2D eigenvalue weighted by atomic mass is 10.0. The van der Waals surface area contributed by atoms with Crippen LogP contribution >= 0.6 is 0 Å². The normalized spacial score (nSPS) is 12.3. The van der Waals surface area contributed by atoms with Crippen molar-refractivity contribution in [3.63, 3.8) is 0 Å². The lowest BCUT2D eigenvalue weighted by Gasteiger charge is -2.17. The summed E-state index contributed by atoms with van der Waals surface area (Å²) in [5, 5.41) is 22.0. The number of nitro benzene ring substituents is 1. The number of rotatable bonds is 6. The van der Waals surface area contributed by atoms with Crippen molar-refractivity contribution in [3.05, 3.63) is 75.1 Å². The molecule has 28 heavy (non-hydrogen) atoms. The predicted octanol–water partition coefficient (Wildman–Crippen LogP) is 3.18. The number of hydrogen-bond donors (Lipinski definition) is 2. The SMILES string of the molecule is O=C(N[C@@H](Cc1ccc(F)c([N+](=O)[O-])c1)C(=O)O)c1ccccc1C(F)(F)F. The molecule has 0 aromatic heterocycles. The Kier molecular flexibility index (Phi) is 5.96. The molecule has 1 atom stereocenters. The van der Waals surface area contributed by atoms with Crippen molar-refractivity contribution in [3.8, 4) is 0 Å². The number of nitro groups is 1. The van der Waals surface area contributed by atoms with Gasteiger partial charge in [-0.15, -0.1) is 0 Å². The summed E-state index contributed by atoms with van der Waals surface area (Å²) in [5.74, 6) is -3.99. The molecule has 0 heterocycles. The number of carboxylic acids is 1. The maximum absolute atomic E-state index is 13.4. The average Bonchev–Trinajstić information content (AvgIpc) is 2.61. The van der Waals surface area contributed by atoms with Crippen LogP contribution in [0.2, 0.25) is 0 Å². The first-order valence-corrected chi connectivity index (χ1v) is 7.63. The van der Waals surface area contributed by atoms with Gasteiger partial charge < -0.3 is 10.4 Å². The van der Waals surface area contributed by atoms with Gasteiger partial charge in [-0.2, -0.15) is 17.6 Å². The van der Waals surface area contributed by atoms with E-state index < -0.39 is 58.1 Å². The summed E-state index contributed by atoms with van der Waals surface area (Å²) >= 11 is 0. The number of carbonyl (C=O) groups excluding carboxylic acids is 1. The molecule has 0 spiro atoms. The lowest BCUT2D eigenvalue weighted by Crippen LogP contribution is -2.42. The quantitative estimate of drug-likeness (QED) is 0.440. The Morgan fingerprint density at radius 2 is 1.82 bits per heavy atom. The van der Waals surface area contributed by atoms with Crippen LogP contribution < -0.4 is 5.32 Å². The summed E-state index contributed by atoms with van der Waals surface area (Å²) in [6.07, 6.45) is -5.33. The molecule has 0 radical (unpaired) electrons. The largest absolute Gasteiger partial charge is 0.480 e. The number of benzene rings is 2. The van der Waals surface area contributed by atoms with Crippen LogP contribution in [0.25, 0.3) is 0 Å². The Morgan fingerprint density at radius 3 is 2.39 bits per heavy atom. The second-order valence-electron chi connectivity index (χ2n) is 5.65. The number of aliphatic carboxylic acids is 1. The number of hydrogen-bond acceptors (Lipinski definition) is 4. The van der Waals surface area contributed by atoms with Crippen molar-refractivity contribution in [1.82, 2.24) is 5.32 Å². The predicted molar refractivity (Wildman–Crippen MR) is 87.1 cm³/mol. The van der Waals surface area contributed by atoms with Crippen LogP contribution in [0.3, 0.4) is 0 Å². The Bertz CT molecular complexity index is 930. The molecule has 0 bridgehead atoms. The van der Waals surface area contributed by atoms with E-state index in [9.17, 15) is 42.4 Å². The fourth-order valence-corrected chi connectivity index (χ4v) is 2.43. The third-order valence-electron chi connectivity index (χ3n) is 3.73. The van der Waals surface area contributed by atoms with Crippen LogP contribution in [0.1, 0.15) is 21.5 Å². The molecule has 1 amide bonds. The van der Waals surface area contributed by atoms with E-state index in [0.717, 1.165) is 30.3 Å². The first-order valence-electron chi connectivity index (χ1n) is 7.63. The summed E-state index contributed by atoms with van der Waals surface area (Å²) in [5.41, 5.74) is -2.90. The average molecular weight is 400 g/mol. The molecular formula is C17H12F4N2O5. The zero-order valence-electron chi connectivity index (χ0n) is 13.9. The molecule has 11 heteroatoms. The van der Waals surface area contributed by atoms with Crippen molar-refractivity contribution in [2.45, 2.75) is 18.6 Å². The maximum Gasteiger partial charge on any atom is 0.417 e. The molecule has 0 aliphatic rings. The van der Waals surface area contributed by atoms with Crippen LogP contribution in [-0.4, -0.2) is 27.9 Å². The molecule has 2 N–H and O–H groups in total. The van der Waals surface area contributed by atoms with Gasteiger partial charge in [0.1, 0.15) is 6.04 Å². The monoisotopic (exact) mass is 400 g/mol. The highest BCUT2D eigenvalue weighted by molar-refractivity contribution is 5.98. The van der Waals surface area contributed by atoms with Crippen LogP contribution in [-0.2, 0) is 17.4 Å². The minimum absolute atomic E-state index is 0.00454. The van der Waals surface area contributed by atoms with Crippen molar-refractivity contribution in [2.75, 3.05) is 0 Å². The van der Waals surface area contributed by atoms with Gasteiger partial charge in [-0.1, -0.05) is 18.2 Å². The van der Waals surface area contributed by atoms with Gasteiger partial charge in [-0.25, -0.2) is 4.79 Å². The van der Waals surface area contributed by atoms with E-state index >= 15 is 0 Å². The smallest absolute Gasteiger partial charge is 0.417 e. The van der Waals surface area contributed by atoms with Gasteiger partial charge in [0, 0.05) is 12.5 Å². The number of nitrogens with one attached hydrogen (secondary N) is 1. The standard InChI is InChI=1S/C17H12F4N2O5/c18-12-6-5-9(8-14(12)23(27)28)7-13(16(25)26)22-15(24)10-3-1-2-4-11(10)17(19,20)21/h1-6,8,13H,7H2,(H,22,24)(H,25,26)/t13-/m0/s1. The van der Waals surface area contributed by atoms with Gasteiger partial charge in [-0.05, 0) is 23.8 Å². The van der Waals surface area contributed by atoms with E-state index in [2.05, 4.69) is 0 Å². The Hall–Kier alpha value is -3.50. The van der Waals surface area contributed by atoms with Crippen molar-refractivity contribution < 1.29 is 37.2 Å². The first-order chi connectivity index (χ1) is 13.0. The van der Waals surface area contributed by atoms with E-state index in [-0.39, 0.29) is 5.56 Å². The van der Waals surface area contributed by atoms with Crippen molar-refractivity contribution in [1.29, 1.82) is 0 Å². The molecule has 0 fully saturated rings. The number of alkyl halides is 3. The summed E-state index contributed by atoms with van der Waals surface area (Å²) < 4.78 is 52.4. The minimum atomic E-state index is -4.83. The summed E-state index contributed by atoms with van der Waals surface area (Å²) in [6.45, 7) is 0. The van der Waals surface area contributed by atoms with E-state index in [0.29, 0.717) is 6.07 Å². The molecule has 0 saturated heterocycles. The summed E-state index contributed by atoms with van der Waals surface area (Å²) in [6, 6.07) is 4.75. The zero-order chi connectivity index (χ0) is 21.1. The first kappa shape index (κ1) is 20.8. The van der Waals surface area contributed by atoms with Crippen LogP contribution in [0, 0.1) is 15.9 Å².